The van der Waals surface area contributed by atoms with Gasteiger partial charge in [0.15, 0.2) is 0 Å². The van der Waals surface area contributed by atoms with Gasteiger partial charge in [-0.05, 0) is 34.6 Å². The number of hydrogen-bond acceptors (Lipinski definition) is 2. The second kappa shape index (κ2) is 9.94. The van der Waals surface area contributed by atoms with Crippen LogP contribution in [0.2, 0.25) is 0 Å². The Labute approximate surface area is 174 Å². The van der Waals surface area contributed by atoms with Crippen molar-refractivity contribution < 1.29 is 22.1 Å². The molecule has 140 valence electrons. The third-order valence-electron chi connectivity index (χ3n) is 3.92. The Hall–Kier alpha value is -0.796. The van der Waals surface area contributed by atoms with Gasteiger partial charge < -0.3 is 5.11 Å². The van der Waals surface area contributed by atoms with Gasteiger partial charge in [0.1, 0.15) is 5.75 Å². The molecule has 0 radical (unpaired) electrons. The van der Waals surface area contributed by atoms with E-state index >= 15 is 0 Å². The quantitative estimate of drug-likeness (QED) is 0.401. The van der Waals surface area contributed by atoms with E-state index in [9.17, 15) is 5.11 Å². The summed E-state index contributed by atoms with van der Waals surface area (Å²) in [6.07, 6.45) is 1.76. The molecule has 0 aliphatic heterocycles. The van der Waals surface area contributed by atoms with Crippen LogP contribution in [0.15, 0.2) is 47.5 Å². The molecule has 2 aromatic carbocycles. The number of benzene rings is 2. The standard InChI is InChI=1S/C21H27NO.2ClH.Ti/c1-20(2,3)16-12-15(14-22-17-10-8-7-9-11-17)19(23)18(13-16)21(4,5)6;;;/h7-14,23H,1-6H3;2*1H;/q;;;+2/p-2. The topological polar surface area (TPSA) is 32.6 Å². The molecular weight excluding hydrogens is 401 g/mol. The maximum atomic E-state index is 10.7. The zero-order valence-corrected chi connectivity index (χ0v) is 19.3. The van der Waals surface area contributed by atoms with E-state index in [0.29, 0.717) is 5.75 Å². The van der Waals surface area contributed by atoms with Crippen molar-refractivity contribution in [2.45, 2.75) is 52.4 Å². The molecular formula is C21H27Cl2NOTi. The Morgan fingerprint density at radius 2 is 1.46 bits per heavy atom. The molecule has 0 amide bonds. The van der Waals surface area contributed by atoms with Crippen LogP contribution in [0.3, 0.4) is 0 Å². The summed E-state index contributed by atoms with van der Waals surface area (Å²) in [5.74, 6) is 0.324. The molecule has 0 fully saturated rings. The van der Waals surface area contributed by atoms with Crippen LogP contribution in [0.25, 0.3) is 0 Å². The zero-order valence-electron chi connectivity index (χ0n) is 16.3. The van der Waals surface area contributed by atoms with Crippen molar-refractivity contribution in [3.05, 3.63) is 59.2 Å². The van der Waals surface area contributed by atoms with E-state index in [0.717, 1.165) is 16.8 Å². The number of rotatable bonds is 2. The minimum atomic E-state index is -0.556. The summed E-state index contributed by atoms with van der Waals surface area (Å²) in [5, 5.41) is 10.7. The molecule has 5 heteroatoms. The van der Waals surface area contributed by atoms with E-state index in [1.165, 1.54) is 5.56 Å². The summed E-state index contributed by atoms with van der Waals surface area (Å²) in [7, 11) is 9.78. The second-order valence-corrected chi connectivity index (χ2v) is 10.7. The van der Waals surface area contributed by atoms with Gasteiger partial charge in [0.05, 0.1) is 5.69 Å². The Bertz CT molecular complexity index is 732. The van der Waals surface area contributed by atoms with Crippen LogP contribution >= 0.6 is 18.6 Å². The van der Waals surface area contributed by atoms with Crippen molar-refractivity contribution >= 4 is 30.5 Å². The molecule has 0 aromatic heterocycles. The molecule has 2 rings (SSSR count). The summed E-state index contributed by atoms with van der Waals surface area (Å²) in [5.41, 5.74) is 3.70. The summed E-state index contributed by atoms with van der Waals surface area (Å²) >= 11 is -0.556. The molecule has 0 unspecified atom stereocenters. The molecule has 0 saturated heterocycles. The molecule has 26 heavy (non-hydrogen) atoms. The van der Waals surface area contributed by atoms with Crippen LogP contribution in [0.4, 0.5) is 5.69 Å². The van der Waals surface area contributed by atoms with Crippen molar-refractivity contribution in [1.29, 1.82) is 0 Å². The van der Waals surface area contributed by atoms with Gasteiger partial charge in [0, 0.05) is 17.3 Å². The minimum absolute atomic E-state index is 0.0169. The van der Waals surface area contributed by atoms with Crippen LogP contribution < -0.4 is 0 Å². The van der Waals surface area contributed by atoms with Crippen LogP contribution in [0, 0.1) is 0 Å². The Balaban J connectivity index is 0.00000105. The van der Waals surface area contributed by atoms with Crippen molar-refractivity contribution in [2.24, 2.45) is 4.99 Å². The summed E-state index contributed by atoms with van der Waals surface area (Å²) in [4.78, 5) is 4.50. The molecule has 1 N–H and O–H groups in total. The van der Waals surface area contributed by atoms with Crippen molar-refractivity contribution in [3.63, 3.8) is 0 Å². The van der Waals surface area contributed by atoms with Crippen LogP contribution in [-0.2, 0) is 27.9 Å². The van der Waals surface area contributed by atoms with Crippen LogP contribution in [-0.4, -0.2) is 11.3 Å². The van der Waals surface area contributed by atoms with Gasteiger partial charge in [-0.15, -0.1) is 0 Å². The molecule has 0 aliphatic rings. The van der Waals surface area contributed by atoms with Crippen molar-refractivity contribution in [3.8, 4) is 5.75 Å². The summed E-state index contributed by atoms with van der Waals surface area (Å²) in [6.45, 7) is 12.9. The average molecular weight is 428 g/mol. The van der Waals surface area contributed by atoms with Crippen molar-refractivity contribution in [2.75, 3.05) is 0 Å². The average Bonchev–Trinajstić information content (AvgIpc) is 2.53. The number of aliphatic imine (C=N–C) groups is 1. The fourth-order valence-electron chi connectivity index (χ4n) is 2.42. The predicted molar refractivity (Wildman–Crippen MR) is 111 cm³/mol. The van der Waals surface area contributed by atoms with Crippen LogP contribution in [0.1, 0.15) is 58.2 Å². The van der Waals surface area contributed by atoms with Gasteiger partial charge in [-0.1, -0.05) is 65.8 Å². The van der Waals surface area contributed by atoms with Gasteiger partial charge in [-0.25, -0.2) is 0 Å². The molecule has 0 bridgehead atoms. The third kappa shape index (κ3) is 7.08. The number of hydrogen-bond donors (Lipinski definition) is 1. The Kier molecular flexibility index (Phi) is 8.89. The maximum absolute atomic E-state index is 10.7. The second-order valence-electron chi connectivity index (χ2n) is 8.13. The Morgan fingerprint density at radius 3 is 1.92 bits per heavy atom. The molecule has 0 aliphatic carbocycles. The van der Waals surface area contributed by atoms with Crippen LogP contribution in [0.5, 0.6) is 5.75 Å². The van der Waals surface area contributed by atoms with E-state index in [1.54, 1.807) is 6.21 Å². The van der Waals surface area contributed by atoms with E-state index in [2.05, 4.69) is 52.6 Å². The fourth-order valence-corrected chi connectivity index (χ4v) is 2.42. The third-order valence-corrected chi connectivity index (χ3v) is 3.92. The van der Waals surface area contributed by atoms with Gasteiger partial charge in [-0.3, -0.25) is 4.99 Å². The van der Waals surface area contributed by atoms with E-state index in [1.807, 2.05) is 36.4 Å². The summed E-state index contributed by atoms with van der Waals surface area (Å²) in [6, 6.07) is 13.9. The molecule has 2 aromatic rings. The first kappa shape index (κ1) is 23.2. The number of phenols is 1. The summed E-state index contributed by atoms with van der Waals surface area (Å²) < 4.78 is 0. The first-order valence-electron chi connectivity index (χ1n) is 8.44. The number of aromatic hydroxyl groups is 1. The monoisotopic (exact) mass is 427 g/mol. The number of nitrogens with zero attached hydrogens (tertiary/aromatic N) is 1. The van der Waals surface area contributed by atoms with E-state index < -0.39 is 17.0 Å². The van der Waals surface area contributed by atoms with Gasteiger partial charge >= 0.3 is 35.6 Å². The molecule has 2 nitrogen and oxygen atoms in total. The SMILES string of the molecule is CC(C)(C)c1cc(C=Nc2ccccc2)c(O)c(C(C)(C)C)c1.[Cl][Ti][Cl]. The molecule has 0 atom stereocenters. The number of phenolic OH excluding ortho intramolecular Hbond substituents is 1. The normalized spacial score (nSPS) is 11.8. The van der Waals surface area contributed by atoms with Gasteiger partial charge in [0.25, 0.3) is 0 Å². The van der Waals surface area contributed by atoms with Crippen molar-refractivity contribution in [1.82, 2.24) is 0 Å². The molecule has 0 saturated carbocycles. The van der Waals surface area contributed by atoms with E-state index in [4.69, 9.17) is 18.6 Å². The zero-order chi connectivity index (χ0) is 20.0. The number of para-hydroxylation sites is 1. The fraction of sp³-hybridized carbons (Fsp3) is 0.381. The van der Waals surface area contributed by atoms with Gasteiger partial charge in [0.2, 0.25) is 0 Å². The van der Waals surface area contributed by atoms with Gasteiger partial charge in [-0.2, -0.15) is 0 Å². The predicted octanol–water partition coefficient (Wildman–Crippen LogP) is 7.11. The molecule has 0 spiro atoms. The first-order valence-corrected chi connectivity index (χ1v) is 12.7. The van der Waals surface area contributed by atoms with E-state index in [-0.39, 0.29) is 10.8 Å². The number of halogens is 2. The molecule has 0 heterocycles. The Morgan fingerprint density at radius 1 is 0.923 bits per heavy atom. The first-order chi connectivity index (χ1) is 12.0.